The second-order valence-electron chi connectivity index (χ2n) is 7.99. The minimum absolute atomic E-state index is 0.0770. The quantitative estimate of drug-likeness (QED) is 0.816. The Bertz CT molecular complexity index is 706. The monoisotopic (exact) mass is 371 g/mol. The van der Waals surface area contributed by atoms with E-state index < -0.39 is 0 Å². The highest BCUT2D eigenvalue weighted by Gasteiger charge is 2.45. The maximum absolute atomic E-state index is 13.2. The average Bonchev–Trinajstić information content (AvgIpc) is 3.03. The summed E-state index contributed by atoms with van der Waals surface area (Å²) in [5.74, 6) is 0.388. The fraction of sp³-hybridized carbons (Fsp3) is 0.619. The predicted molar refractivity (Wildman–Crippen MR) is 104 cm³/mol. The molecule has 4 rings (SSSR count). The largest absolute Gasteiger partial charge is 0.378 e. The number of anilines is 1. The lowest BCUT2D eigenvalue weighted by Gasteiger charge is -2.39. The van der Waals surface area contributed by atoms with Gasteiger partial charge in [0.05, 0.1) is 18.8 Å². The van der Waals surface area contributed by atoms with E-state index in [-0.39, 0.29) is 17.2 Å². The van der Waals surface area contributed by atoms with Gasteiger partial charge in [-0.2, -0.15) is 0 Å². The van der Waals surface area contributed by atoms with Crippen LogP contribution in [0, 0.1) is 5.41 Å². The van der Waals surface area contributed by atoms with Crippen molar-refractivity contribution in [2.75, 3.05) is 57.4 Å². The molecular formula is C21H29N3O3. The van der Waals surface area contributed by atoms with Crippen molar-refractivity contribution in [2.45, 2.75) is 26.2 Å². The molecule has 0 aliphatic carbocycles. The smallest absolute Gasteiger partial charge is 0.255 e. The van der Waals surface area contributed by atoms with Crippen LogP contribution in [0.25, 0.3) is 0 Å². The molecule has 27 heavy (non-hydrogen) atoms. The fourth-order valence-corrected chi connectivity index (χ4v) is 4.69. The molecule has 0 atom stereocenters. The third-order valence-corrected chi connectivity index (χ3v) is 6.38. The zero-order valence-electron chi connectivity index (χ0n) is 16.2. The first-order chi connectivity index (χ1) is 13.1. The van der Waals surface area contributed by atoms with Gasteiger partial charge in [0.1, 0.15) is 0 Å². The summed E-state index contributed by atoms with van der Waals surface area (Å²) in [4.78, 5) is 31.6. The van der Waals surface area contributed by atoms with E-state index in [2.05, 4.69) is 4.90 Å². The topological polar surface area (TPSA) is 53.1 Å². The van der Waals surface area contributed by atoms with Gasteiger partial charge < -0.3 is 19.4 Å². The first-order valence-corrected chi connectivity index (χ1v) is 10.1. The molecule has 0 unspecified atom stereocenters. The molecule has 3 aliphatic heterocycles. The lowest BCUT2D eigenvalue weighted by atomic mass is 9.77. The molecule has 2 amide bonds. The summed E-state index contributed by atoms with van der Waals surface area (Å²) in [6.45, 7) is 8.21. The number of hydrogen-bond acceptors (Lipinski definition) is 4. The van der Waals surface area contributed by atoms with Crippen LogP contribution in [0.4, 0.5) is 5.69 Å². The molecule has 3 fully saturated rings. The molecule has 0 bridgehead atoms. The van der Waals surface area contributed by atoms with Crippen molar-refractivity contribution in [1.29, 1.82) is 0 Å². The van der Waals surface area contributed by atoms with Gasteiger partial charge in [0.15, 0.2) is 0 Å². The average molecular weight is 371 g/mol. The molecule has 3 heterocycles. The molecule has 146 valence electrons. The van der Waals surface area contributed by atoms with Crippen LogP contribution >= 0.6 is 0 Å². The van der Waals surface area contributed by atoms with Crippen molar-refractivity contribution in [1.82, 2.24) is 9.80 Å². The van der Waals surface area contributed by atoms with Gasteiger partial charge in [0.25, 0.3) is 5.91 Å². The molecule has 3 aliphatic rings. The van der Waals surface area contributed by atoms with E-state index in [9.17, 15) is 9.59 Å². The van der Waals surface area contributed by atoms with E-state index >= 15 is 0 Å². The predicted octanol–water partition coefficient (Wildman–Crippen LogP) is 2.00. The highest BCUT2D eigenvalue weighted by Crippen LogP contribution is 2.41. The Morgan fingerprint density at radius 2 is 1.81 bits per heavy atom. The molecule has 0 aromatic heterocycles. The Morgan fingerprint density at radius 3 is 2.48 bits per heavy atom. The van der Waals surface area contributed by atoms with Crippen LogP contribution in [-0.4, -0.2) is 74.1 Å². The van der Waals surface area contributed by atoms with Gasteiger partial charge in [-0.15, -0.1) is 0 Å². The third kappa shape index (κ3) is 3.55. The normalized spacial score (nSPS) is 22.6. The SMILES string of the molecule is CCN1CC2(CCN(C(=O)c3ccccc3N3CCOCC3)CC2)CC1=O. The maximum Gasteiger partial charge on any atom is 0.255 e. The zero-order valence-corrected chi connectivity index (χ0v) is 16.2. The highest BCUT2D eigenvalue weighted by atomic mass is 16.5. The molecule has 1 aromatic carbocycles. The number of hydrogen-bond donors (Lipinski definition) is 0. The molecule has 1 aromatic rings. The van der Waals surface area contributed by atoms with Gasteiger partial charge in [-0.1, -0.05) is 12.1 Å². The lowest BCUT2D eigenvalue weighted by Crippen LogP contribution is -2.45. The van der Waals surface area contributed by atoms with Crippen LogP contribution in [0.5, 0.6) is 0 Å². The number of ether oxygens (including phenoxy) is 1. The molecule has 0 N–H and O–H groups in total. The molecule has 6 heteroatoms. The first-order valence-electron chi connectivity index (χ1n) is 10.1. The molecule has 1 spiro atoms. The van der Waals surface area contributed by atoms with Gasteiger partial charge >= 0.3 is 0 Å². The van der Waals surface area contributed by atoms with Crippen LogP contribution in [0.3, 0.4) is 0 Å². The number of carbonyl (C=O) groups excluding carboxylic acids is 2. The van der Waals surface area contributed by atoms with Crippen LogP contribution < -0.4 is 4.90 Å². The van der Waals surface area contributed by atoms with E-state index in [1.165, 1.54) is 0 Å². The number of benzene rings is 1. The van der Waals surface area contributed by atoms with E-state index in [0.717, 1.165) is 63.4 Å². The minimum atomic E-state index is 0.0770. The number of amides is 2. The van der Waals surface area contributed by atoms with Crippen LogP contribution in [0.1, 0.15) is 36.5 Å². The molecule has 0 radical (unpaired) electrons. The summed E-state index contributed by atoms with van der Waals surface area (Å²) in [6.07, 6.45) is 2.48. The van der Waals surface area contributed by atoms with Crippen molar-refractivity contribution in [3.8, 4) is 0 Å². The zero-order chi connectivity index (χ0) is 18.9. The van der Waals surface area contributed by atoms with Crippen LogP contribution in [0.15, 0.2) is 24.3 Å². The van der Waals surface area contributed by atoms with Gasteiger partial charge in [-0.05, 0) is 31.9 Å². The summed E-state index contributed by atoms with van der Waals surface area (Å²) < 4.78 is 5.45. The molecule has 0 saturated carbocycles. The minimum Gasteiger partial charge on any atom is -0.378 e. The van der Waals surface area contributed by atoms with E-state index in [0.29, 0.717) is 19.6 Å². The highest BCUT2D eigenvalue weighted by molar-refractivity contribution is 6.00. The Balaban J connectivity index is 1.45. The summed E-state index contributed by atoms with van der Waals surface area (Å²) in [6, 6.07) is 7.92. The summed E-state index contributed by atoms with van der Waals surface area (Å²) in [5, 5.41) is 0. The number of carbonyl (C=O) groups is 2. The maximum atomic E-state index is 13.2. The fourth-order valence-electron chi connectivity index (χ4n) is 4.69. The summed E-state index contributed by atoms with van der Waals surface area (Å²) in [7, 11) is 0. The Hall–Kier alpha value is -2.08. The number of piperidine rings is 1. The molecule has 6 nitrogen and oxygen atoms in total. The summed E-state index contributed by atoms with van der Waals surface area (Å²) in [5.41, 5.74) is 1.88. The van der Waals surface area contributed by atoms with Crippen molar-refractivity contribution in [3.63, 3.8) is 0 Å². The Kier molecular flexibility index (Phi) is 5.08. The van der Waals surface area contributed by atoms with Gasteiger partial charge in [-0.3, -0.25) is 9.59 Å². The van der Waals surface area contributed by atoms with Gasteiger partial charge in [0.2, 0.25) is 5.91 Å². The van der Waals surface area contributed by atoms with E-state index in [1.54, 1.807) is 0 Å². The van der Waals surface area contributed by atoms with Gasteiger partial charge in [0, 0.05) is 56.8 Å². The third-order valence-electron chi connectivity index (χ3n) is 6.38. The van der Waals surface area contributed by atoms with Crippen molar-refractivity contribution >= 4 is 17.5 Å². The van der Waals surface area contributed by atoms with Crippen LogP contribution in [0.2, 0.25) is 0 Å². The second-order valence-corrected chi connectivity index (χ2v) is 7.99. The van der Waals surface area contributed by atoms with E-state index in [4.69, 9.17) is 4.74 Å². The Labute approximate surface area is 161 Å². The number of rotatable bonds is 3. The second kappa shape index (κ2) is 7.50. The van der Waals surface area contributed by atoms with Gasteiger partial charge in [-0.25, -0.2) is 0 Å². The van der Waals surface area contributed by atoms with Crippen molar-refractivity contribution in [2.24, 2.45) is 5.41 Å². The van der Waals surface area contributed by atoms with Crippen molar-refractivity contribution < 1.29 is 14.3 Å². The standard InChI is InChI=1S/C21H29N3O3/c1-2-22-16-21(15-19(22)25)7-9-24(10-8-21)20(26)17-5-3-4-6-18(17)23-11-13-27-14-12-23/h3-6H,2,7-16H2,1H3. The first kappa shape index (κ1) is 18.3. The van der Waals surface area contributed by atoms with E-state index in [1.807, 2.05) is 41.0 Å². The van der Waals surface area contributed by atoms with Crippen LogP contribution in [-0.2, 0) is 9.53 Å². The number of nitrogens with zero attached hydrogens (tertiary/aromatic N) is 3. The number of morpholine rings is 1. The molecular weight excluding hydrogens is 342 g/mol. The van der Waals surface area contributed by atoms with Crippen molar-refractivity contribution in [3.05, 3.63) is 29.8 Å². The number of likely N-dealkylation sites (tertiary alicyclic amines) is 2. The summed E-state index contributed by atoms with van der Waals surface area (Å²) >= 11 is 0. The lowest BCUT2D eigenvalue weighted by molar-refractivity contribution is -0.127. The number of para-hydroxylation sites is 1. The Morgan fingerprint density at radius 1 is 1.11 bits per heavy atom. The molecule has 3 saturated heterocycles.